The first-order valence-corrected chi connectivity index (χ1v) is 23.9. The molecule has 2 aliphatic carbocycles. The zero-order chi connectivity index (χ0) is 44.6. The molecule has 6 aromatic rings. The van der Waals surface area contributed by atoms with Crippen molar-refractivity contribution in [1.82, 2.24) is 0 Å². The predicted molar refractivity (Wildman–Crippen MR) is 273 cm³/mol. The van der Waals surface area contributed by atoms with E-state index in [4.69, 9.17) is 0 Å². The fraction of sp³-hybridized carbons (Fsp3) is 0.400. The van der Waals surface area contributed by atoms with Crippen molar-refractivity contribution in [2.75, 3.05) is 10.2 Å². The van der Waals surface area contributed by atoms with E-state index in [1.807, 2.05) is 0 Å². The van der Waals surface area contributed by atoms with Crippen LogP contribution in [0, 0.1) is 33.1 Å². The smallest absolute Gasteiger partial charge is 0.197 e. The van der Waals surface area contributed by atoms with Crippen LogP contribution < -0.4 is 21.1 Å². The van der Waals surface area contributed by atoms with Crippen molar-refractivity contribution >= 4 is 41.0 Å². The van der Waals surface area contributed by atoms with Gasteiger partial charge in [-0.15, -0.1) is 0 Å². The van der Waals surface area contributed by atoms with Crippen LogP contribution >= 0.6 is 0 Å². The number of aryl methyl sites for hydroxylation is 4. The minimum Gasteiger partial charge on any atom is -0.378 e. The number of nitrogens with one attached hydrogen (secondary N) is 1. The molecule has 321 valence electrons. The van der Waals surface area contributed by atoms with Crippen molar-refractivity contribution < 1.29 is 0 Å². The summed E-state index contributed by atoms with van der Waals surface area (Å²) in [5.41, 5.74) is 27.0. The lowest BCUT2D eigenvalue weighted by Crippen LogP contribution is -2.50. The molecule has 1 N–H and O–H groups in total. The quantitative estimate of drug-likeness (QED) is 0.168. The van der Waals surface area contributed by atoms with Crippen LogP contribution in [-0.2, 0) is 16.2 Å². The highest BCUT2D eigenvalue weighted by Gasteiger charge is 2.53. The second kappa shape index (κ2) is 14.2. The van der Waals surface area contributed by atoms with Crippen molar-refractivity contribution in [3.63, 3.8) is 0 Å². The maximum atomic E-state index is 4.24. The molecule has 2 unspecified atom stereocenters. The van der Waals surface area contributed by atoms with Crippen LogP contribution in [0.25, 0.3) is 33.4 Å². The Balaban J connectivity index is 1.22. The van der Waals surface area contributed by atoms with Gasteiger partial charge in [0, 0.05) is 44.6 Å². The summed E-state index contributed by atoms with van der Waals surface area (Å²) in [6.45, 7) is 31.2. The molecule has 2 heterocycles. The molecule has 3 heteroatoms. The van der Waals surface area contributed by atoms with Gasteiger partial charge in [-0.1, -0.05) is 152 Å². The molecule has 4 aliphatic rings. The van der Waals surface area contributed by atoms with E-state index in [-0.39, 0.29) is 21.8 Å². The van der Waals surface area contributed by atoms with Crippen molar-refractivity contribution in [2.45, 2.75) is 150 Å². The Morgan fingerprint density at radius 3 is 2.00 bits per heavy atom. The van der Waals surface area contributed by atoms with Gasteiger partial charge in [-0.2, -0.15) is 0 Å². The summed E-state index contributed by atoms with van der Waals surface area (Å²) in [5.74, 6) is 0. The Morgan fingerprint density at radius 2 is 1.25 bits per heavy atom. The third kappa shape index (κ3) is 6.57. The molecule has 1 radical (unpaired) electrons. The minimum absolute atomic E-state index is 0.0358. The van der Waals surface area contributed by atoms with E-state index in [1.54, 1.807) is 0 Å². The Labute approximate surface area is 380 Å². The van der Waals surface area contributed by atoms with Crippen molar-refractivity contribution in [3.05, 3.63) is 142 Å². The SMILES string of the molecule is Cc1ccc(N2c3cc4c(cc3[B]c3c(-c5cc(C)cc6c5NC5(C)CCCCC65C)cc(C)cc32)-c2cc(C(C)(C)CCC(C)(C)C)c(C)cc2C4(C)C)c(-c2ccccc2)c1. The van der Waals surface area contributed by atoms with Crippen molar-refractivity contribution in [3.8, 4) is 33.4 Å². The largest absolute Gasteiger partial charge is 0.378 e. The van der Waals surface area contributed by atoms with Crippen LogP contribution in [0.4, 0.5) is 22.7 Å². The summed E-state index contributed by atoms with van der Waals surface area (Å²) in [6.07, 6.45) is 7.34. The Bertz CT molecular complexity index is 2850. The van der Waals surface area contributed by atoms with Crippen LogP contribution in [0.2, 0.25) is 0 Å². The summed E-state index contributed by atoms with van der Waals surface area (Å²) >= 11 is 0. The molecule has 1 fully saturated rings. The topological polar surface area (TPSA) is 15.3 Å². The van der Waals surface area contributed by atoms with Crippen LogP contribution in [0.15, 0.2) is 97.1 Å². The van der Waals surface area contributed by atoms with Crippen molar-refractivity contribution in [2.24, 2.45) is 5.41 Å². The van der Waals surface area contributed by atoms with E-state index in [1.165, 1.54) is 144 Å². The van der Waals surface area contributed by atoms with Gasteiger partial charge in [-0.3, -0.25) is 0 Å². The first-order valence-electron chi connectivity index (χ1n) is 23.9. The van der Waals surface area contributed by atoms with Crippen LogP contribution in [0.5, 0.6) is 0 Å². The van der Waals surface area contributed by atoms with E-state index < -0.39 is 0 Å². The highest BCUT2D eigenvalue weighted by molar-refractivity contribution is 6.73. The van der Waals surface area contributed by atoms with E-state index >= 15 is 0 Å². The first kappa shape index (κ1) is 42.0. The third-order valence-corrected chi connectivity index (χ3v) is 16.3. The first-order chi connectivity index (χ1) is 29.7. The molecule has 63 heavy (non-hydrogen) atoms. The molecular formula is C60H68BN2. The molecule has 2 aliphatic heterocycles. The number of fused-ring (bicyclic) bond motifs is 8. The average molecular weight is 828 g/mol. The van der Waals surface area contributed by atoms with Gasteiger partial charge in [0.15, 0.2) is 7.28 Å². The number of benzene rings is 6. The number of hydrogen-bond acceptors (Lipinski definition) is 2. The van der Waals surface area contributed by atoms with Crippen LogP contribution in [0.3, 0.4) is 0 Å². The maximum Gasteiger partial charge on any atom is 0.197 e. The lowest BCUT2D eigenvalue weighted by Gasteiger charge is -2.45. The Kier molecular flexibility index (Phi) is 9.49. The molecule has 0 amide bonds. The third-order valence-electron chi connectivity index (χ3n) is 16.3. The summed E-state index contributed by atoms with van der Waals surface area (Å²) in [6, 6.07) is 38.2. The summed E-state index contributed by atoms with van der Waals surface area (Å²) in [5, 5.41) is 4.24. The monoisotopic (exact) mass is 828 g/mol. The number of rotatable bonds is 6. The Morgan fingerprint density at radius 1 is 0.587 bits per heavy atom. The molecule has 0 aromatic heterocycles. The average Bonchev–Trinajstić information content (AvgIpc) is 3.59. The minimum atomic E-state index is -0.158. The van der Waals surface area contributed by atoms with E-state index in [0.29, 0.717) is 5.41 Å². The molecule has 2 nitrogen and oxygen atoms in total. The predicted octanol–water partition coefficient (Wildman–Crippen LogP) is 15.1. The number of anilines is 4. The molecule has 10 rings (SSSR count). The lowest BCUT2D eigenvalue weighted by molar-refractivity contribution is 0.214. The molecule has 2 atom stereocenters. The zero-order valence-electron chi connectivity index (χ0n) is 40.5. The van der Waals surface area contributed by atoms with Gasteiger partial charge in [0.2, 0.25) is 0 Å². The van der Waals surface area contributed by atoms with Gasteiger partial charge in [-0.05, 0) is 163 Å². The Hall–Kier alpha value is -5.02. The number of nitrogens with zero attached hydrogens (tertiary/aromatic N) is 1. The lowest BCUT2D eigenvalue weighted by atomic mass is 9.57. The summed E-state index contributed by atoms with van der Waals surface area (Å²) < 4.78 is 0. The summed E-state index contributed by atoms with van der Waals surface area (Å²) in [7, 11) is 2.54. The highest BCUT2D eigenvalue weighted by atomic mass is 15.2. The van der Waals surface area contributed by atoms with Gasteiger partial charge in [0.25, 0.3) is 0 Å². The molecule has 0 bridgehead atoms. The van der Waals surface area contributed by atoms with Crippen LogP contribution in [-0.4, -0.2) is 12.8 Å². The highest BCUT2D eigenvalue weighted by Crippen LogP contribution is 2.58. The van der Waals surface area contributed by atoms with Gasteiger partial charge < -0.3 is 10.2 Å². The molecular weight excluding hydrogens is 759 g/mol. The summed E-state index contributed by atoms with van der Waals surface area (Å²) in [4.78, 5) is 2.63. The van der Waals surface area contributed by atoms with E-state index in [0.717, 1.165) is 6.42 Å². The fourth-order valence-electron chi connectivity index (χ4n) is 12.4. The van der Waals surface area contributed by atoms with Gasteiger partial charge in [0.05, 0.1) is 5.69 Å². The fourth-order valence-corrected chi connectivity index (χ4v) is 12.4. The van der Waals surface area contributed by atoms with Crippen molar-refractivity contribution in [1.29, 1.82) is 0 Å². The molecule has 0 saturated heterocycles. The van der Waals surface area contributed by atoms with Gasteiger partial charge in [0.1, 0.15) is 0 Å². The normalized spacial score (nSPS) is 20.5. The standard InChI is InChI=1S/C60H68BN2/c1-36-21-22-51(41(27-36)40-19-15-14-16-20-40)63-52-35-48-43(42-33-46(39(4)32-47(42)58(48,10)11)57(8,9)26-25-56(5,6)7)34-50(52)61-54-44(28-38(3)31-53(54)63)45-29-37(2)30-49-55(45)62-60(13)24-18-17-23-59(49,60)12/h14-16,19-22,27-35,62H,17-18,23-26H2,1-13H3. The van der Waals surface area contributed by atoms with Gasteiger partial charge in [-0.25, -0.2) is 0 Å². The maximum absolute atomic E-state index is 4.24. The molecule has 0 spiro atoms. The van der Waals surface area contributed by atoms with Gasteiger partial charge >= 0.3 is 0 Å². The second-order valence-corrected chi connectivity index (χ2v) is 23.1. The zero-order valence-corrected chi connectivity index (χ0v) is 40.5. The van der Waals surface area contributed by atoms with E-state index in [9.17, 15) is 0 Å². The molecule has 6 aromatic carbocycles. The second-order valence-electron chi connectivity index (χ2n) is 23.1. The number of hydrogen-bond donors (Lipinski definition) is 1. The molecule has 1 saturated carbocycles. The van der Waals surface area contributed by atoms with E-state index in [2.05, 4.69) is 205 Å². The van der Waals surface area contributed by atoms with Crippen LogP contribution in [0.1, 0.15) is 145 Å².